The van der Waals surface area contributed by atoms with Crippen molar-refractivity contribution in [2.45, 2.75) is 39.0 Å². The largest absolute Gasteiger partial charge is 0.375 e. The number of carbonyl (C=O) groups is 1. The van der Waals surface area contributed by atoms with Crippen LogP contribution in [0.3, 0.4) is 0 Å². The molecule has 0 aromatic carbocycles. The normalized spacial score (nSPS) is 38.0. The Morgan fingerprint density at radius 3 is 2.30 bits per heavy atom. The Kier molecular flexibility index (Phi) is 4.16. The van der Waals surface area contributed by atoms with E-state index in [0.717, 1.165) is 17.4 Å². The smallest absolute Gasteiger partial charge is 0.223 e. The van der Waals surface area contributed by atoms with Crippen molar-refractivity contribution in [2.75, 3.05) is 19.8 Å². The van der Waals surface area contributed by atoms with E-state index in [4.69, 9.17) is 4.74 Å². The van der Waals surface area contributed by atoms with Gasteiger partial charge in [-0.3, -0.25) is 4.79 Å². The Labute approximate surface area is 122 Å². The standard InChI is InChI=1S/C17H27NO2/c1-11(2)10-20-4-3-18-17(19)16-14-6-12-5-13(8-14)9-15(16)7-12/h12-16H,1,3-10H2,2H3,(H,18,19). The molecule has 0 spiro atoms. The monoisotopic (exact) mass is 277 g/mol. The molecule has 4 aliphatic carbocycles. The number of rotatable bonds is 6. The van der Waals surface area contributed by atoms with Crippen LogP contribution < -0.4 is 5.32 Å². The lowest BCUT2D eigenvalue weighted by Gasteiger charge is -2.53. The van der Waals surface area contributed by atoms with Crippen molar-refractivity contribution < 1.29 is 9.53 Å². The second kappa shape index (κ2) is 5.88. The van der Waals surface area contributed by atoms with Gasteiger partial charge in [-0.25, -0.2) is 0 Å². The van der Waals surface area contributed by atoms with E-state index < -0.39 is 0 Å². The zero-order valence-corrected chi connectivity index (χ0v) is 12.6. The highest BCUT2D eigenvalue weighted by Gasteiger charge is 2.50. The fourth-order valence-corrected chi connectivity index (χ4v) is 4.96. The van der Waals surface area contributed by atoms with Crippen LogP contribution in [0, 0.1) is 29.6 Å². The van der Waals surface area contributed by atoms with Crippen LogP contribution in [0.5, 0.6) is 0 Å². The lowest BCUT2D eigenvalue weighted by Crippen LogP contribution is -2.51. The van der Waals surface area contributed by atoms with E-state index in [1.54, 1.807) is 0 Å². The molecule has 0 heterocycles. The van der Waals surface area contributed by atoms with Crippen LogP contribution in [0.15, 0.2) is 12.2 Å². The number of amides is 1. The summed E-state index contributed by atoms with van der Waals surface area (Å²) in [6.45, 7) is 7.56. The Hall–Kier alpha value is -0.830. The molecule has 1 N–H and O–H groups in total. The predicted molar refractivity (Wildman–Crippen MR) is 79.2 cm³/mol. The molecular formula is C17H27NO2. The molecule has 112 valence electrons. The van der Waals surface area contributed by atoms with Gasteiger partial charge >= 0.3 is 0 Å². The van der Waals surface area contributed by atoms with Crippen LogP contribution in [-0.4, -0.2) is 25.7 Å². The van der Waals surface area contributed by atoms with Gasteiger partial charge in [0.2, 0.25) is 5.91 Å². The highest BCUT2D eigenvalue weighted by molar-refractivity contribution is 5.79. The van der Waals surface area contributed by atoms with Crippen molar-refractivity contribution in [3.05, 3.63) is 12.2 Å². The summed E-state index contributed by atoms with van der Waals surface area (Å²) in [5, 5.41) is 3.09. The molecule has 20 heavy (non-hydrogen) atoms. The van der Waals surface area contributed by atoms with Crippen molar-refractivity contribution in [1.29, 1.82) is 0 Å². The van der Waals surface area contributed by atoms with Crippen molar-refractivity contribution >= 4 is 5.91 Å². The summed E-state index contributed by atoms with van der Waals surface area (Å²) < 4.78 is 5.44. The van der Waals surface area contributed by atoms with E-state index in [1.807, 2.05) is 6.92 Å². The van der Waals surface area contributed by atoms with Crippen molar-refractivity contribution in [3.63, 3.8) is 0 Å². The average molecular weight is 277 g/mol. The Balaban J connectivity index is 1.45. The Morgan fingerprint density at radius 2 is 1.75 bits per heavy atom. The maximum atomic E-state index is 12.4. The maximum absolute atomic E-state index is 12.4. The third-order valence-electron chi connectivity index (χ3n) is 5.42. The molecule has 3 heteroatoms. The summed E-state index contributed by atoms with van der Waals surface area (Å²) >= 11 is 0. The van der Waals surface area contributed by atoms with Crippen LogP contribution >= 0.6 is 0 Å². The third kappa shape index (κ3) is 2.93. The molecule has 0 unspecified atom stereocenters. The molecule has 0 atom stereocenters. The summed E-state index contributed by atoms with van der Waals surface area (Å²) in [5.41, 5.74) is 1.03. The van der Waals surface area contributed by atoms with E-state index >= 15 is 0 Å². The molecule has 4 saturated carbocycles. The van der Waals surface area contributed by atoms with Gasteiger partial charge in [-0.1, -0.05) is 12.2 Å². The van der Waals surface area contributed by atoms with Gasteiger partial charge in [0.15, 0.2) is 0 Å². The van der Waals surface area contributed by atoms with E-state index in [0.29, 0.717) is 37.5 Å². The number of ether oxygens (including phenoxy) is 1. The molecule has 0 aliphatic heterocycles. The molecule has 4 aliphatic rings. The molecule has 4 rings (SSSR count). The summed E-state index contributed by atoms with van der Waals surface area (Å²) in [7, 11) is 0. The summed E-state index contributed by atoms with van der Waals surface area (Å²) in [4.78, 5) is 12.4. The first kappa shape index (κ1) is 14.1. The average Bonchev–Trinajstić information content (AvgIpc) is 2.36. The third-order valence-corrected chi connectivity index (χ3v) is 5.42. The number of nitrogens with one attached hydrogen (secondary N) is 1. The highest BCUT2D eigenvalue weighted by atomic mass is 16.5. The van der Waals surface area contributed by atoms with E-state index in [-0.39, 0.29) is 5.91 Å². The fourth-order valence-electron chi connectivity index (χ4n) is 4.96. The maximum Gasteiger partial charge on any atom is 0.223 e. The lowest BCUT2D eigenvalue weighted by atomic mass is 9.51. The van der Waals surface area contributed by atoms with E-state index in [2.05, 4.69) is 11.9 Å². The van der Waals surface area contributed by atoms with Gasteiger partial charge in [0.1, 0.15) is 0 Å². The molecule has 0 radical (unpaired) electrons. The Morgan fingerprint density at radius 1 is 1.15 bits per heavy atom. The molecule has 0 saturated heterocycles. The van der Waals surface area contributed by atoms with Gasteiger partial charge in [-0.2, -0.15) is 0 Å². The van der Waals surface area contributed by atoms with Crippen molar-refractivity contribution in [1.82, 2.24) is 5.32 Å². The minimum Gasteiger partial charge on any atom is -0.375 e. The van der Waals surface area contributed by atoms with Gasteiger partial charge in [0.05, 0.1) is 13.2 Å². The van der Waals surface area contributed by atoms with Crippen molar-refractivity contribution in [2.24, 2.45) is 29.6 Å². The second-order valence-electron chi connectivity index (χ2n) is 7.26. The fraction of sp³-hybridized carbons (Fsp3) is 0.824. The van der Waals surface area contributed by atoms with E-state index in [9.17, 15) is 4.79 Å². The second-order valence-corrected chi connectivity index (χ2v) is 7.26. The first-order valence-electron chi connectivity index (χ1n) is 8.13. The van der Waals surface area contributed by atoms with Gasteiger partial charge in [0.25, 0.3) is 0 Å². The first-order valence-corrected chi connectivity index (χ1v) is 8.13. The van der Waals surface area contributed by atoms with Crippen LogP contribution in [0.4, 0.5) is 0 Å². The van der Waals surface area contributed by atoms with Gasteiger partial charge in [0, 0.05) is 12.5 Å². The summed E-state index contributed by atoms with van der Waals surface area (Å²) in [5.74, 6) is 3.78. The van der Waals surface area contributed by atoms with Crippen molar-refractivity contribution in [3.8, 4) is 0 Å². The minimum atomic E-state index is 0.290. The number of carbonyl (C=O) groups excluding carboxylic acids is 1. The molecule has 0 aromatic heterocycles. The molecule has 0 aromatic rings. The Bertz CT molecular complexity index is 362. The van der Waals surface area contributed by atoms with Crippen LogP contribution in [-0.2, 0) is 9.53 Å². The lowest BCUT2D eigenvalue weighted by molar-refractivity contribution is -0.138. The van der Waals surface area contributed by atoms with Gasteiger partial charge in [-0.15, -0.1) is 0 Å². The molecule has 1 amide bonds. The molecular weight excluding hydrogens is 250 g/mol. The first-order chi connectivity index (χ1) is 9.63. The summed E-state index contributed by atoms with van der Waals surface area (Å²) in [6, 6.07) is 0. The zero-order valence-electron chi connectivity index (χ0n) is 12.6. The van der Waals surface area contributed by atoms with Gasteiger partial charge in [-0.05, 0) is 62.7 Å². The van der Waals surface area contributed by atoms with Gasteiger partial charge < -0.3 is 10.1 Å². The van der Waals surface area contributed by atoms with Crippen LogP contribution in [0.25, 0.3) is 0 Å². The topological polar surface area (TPSA) is 38.3 Å². The predicted octanol–water partition coefficient (Wildman–Crippen LogP) is 2.77. The quantitative estimate of drug-likeness (QED) is 0.599. The summed E-state index contributed by atoms with van der Waals surface area (Å²) in [6.07, 6.45) is 6.65. The zero-order chi connectivity index (χ0) is 14.1. The molecule has 4 fully saturated rings. The van der Waals surface area contributed by atoms with Crippen LogP contribution in [0.1, 0.15) is 39.0 Å². The SMILES string of the molecule is C=C(C)COCCNC(=O)C1C2CC3CC(C2)CC1C3. The highest BCUT2D eigenvalue weighted by Crippen LogP contribution is 2.56. The number of hydrogen-bond donors (Lipinski definition) is 1. The molecule has 4 bridgehead atoms. The molecule has 3 nitrogen and oxygen atoms in total. The minimum absolute atomic E-state index is 0.290. The number of hydrogen-bond acceptors (Lipinski definition) is 2. The van der Waals surface area contributed by atoms with E-state index in [1.165, 1.54) is 32.1 Å². The van der Waals surface area contributed by atoms with Crippen LogP contribution in [0.2, 0.25) is 0 Å².